The first-order chi connectivity index (χ1) is 12.4. The molecule has 2 N–H and O–H groups in total. The number of aromatic nitrogens is 1. The van der Waals surface area contributed by atoms with E-state index in [9.17, 15) is 14.3 Å². The van der Waals surface area contributed by atoms with Crippen molar-refractivity contribution < 1.29 is 13.9 Å². The average Bonchev–Trinajstić information content (AvgIpc) is 2.93. The third-order valence-corrected chi connectivity index (χ3v) is 4.40. The lowest BCUT2D eigenvalue weighted by Crippen LogP contribution is -2.04. The number of aromatic hydroxyl groups is 1. The van der Waals surface area contributed by atoms with E-state index >= 15 is 0 Å². The summed E-state index contributed by atoms with van der Waals surface area (Å²) in [5, 5.41) is 11.1. The number of fused-ring (bicyclic) bond motifs is 1. The molecule has 0 radical (unpaired) electrons. The van der Waals surface area contributed by atoms with Gasteiger partial charge in [0.2, 0.25) is 0 Å². The molecule has 0 aliphatic rings. The molecule has 4 rings (SSSR count). The SMILES string of the molecule is Cc1ccc(-c2[nH]c3cc(F)ccc3c2-c2c(O)cc(C)oc2=O)cc1. The highest BCUT2D eigenvalue weighted by molar-refractivity contribution is 6.04. The van der Waals surface area contributed by atoms with Crippen LogP contribution < -0.4 is 5.63 Å². The highest BCUT2D eigenvalue weighted by Crippen LogP contribution is 2.40. The van der Waals surface area contributed by atoms with Crippen LogP contribution in [0.4, 0.5) is 4.39 Å². The molecule has 4 aromatic rings. The van der Waals surface area contributed by atoms with E-state index in [1.807, 2.05) is 31.2 Å². The molecule has 0 fully saturated rings. The number of aromatic amines is 1. The number of nitrogens with one attached hydrogen (secondary N) is 1. The summed E-state index contributed by atoms with van der Waals surface area (Å²) < 4.78 is 18.9. The van der Waals surface area contributed by atoms with Crippen LogP contribution in [0.2, 0.25) is 0 Å². The summed E-state index contributed by atoms with van der Waals surface area (Å²) in [6.45, 7) is 3.57. The summed E-state index contributed by atoms with van der Waals surface area (Å²) in [5.74, 6) is -0.239. The summed E-state index contributed by atoms with van der Waals surface area (Å²) >= 11 is 0. The predicted octanol–water partition coefficient (Wildman–Crippen LogP) is 4.92. The molecule has 2 aromatic heterocycles. The molecule has 0 aliphatic heterocycles. The smallest absolute Gasteiger partial charge is 0.347 e. The van der Waals surface area contributed by atoms with Gasteiger partial charge in [-0.25, -0.2) is 9.18 Å². The summed E-state index contributed by atoms with van der Waals surface area (Å²) in [7, 11) is 0. The second-order valence-corrected chi connectivity index (χ2v) is 6.34. The molecule has 0 aliphatic carbocycles. The number of hydrogen-bond donors (Lipinski definition) is 2. The lowest BCUT2D eigenvalue weighted by Gasteiger charge is -2.07. The van der Waals surface area contributed by atoms with Crippen LogP contribution >= 0.6 is 0 Å². The minimum atomic E-state index is -0.638. The maximum absolute atomic E-state index is 13.7. The Morgan fingerprint density at radius 3 is 2.42 bits per heavy atom. The van der Waals surface area contributed by atoms with Crippen molar-refractivity contribution in [3.05, 3.63) is 76.1 Å². The molecule has 2 heterocycles. The van der Waals surface area contributed by atoms with Crippen molar-refractivity contribution in [2.75, 3.05) is 0 Å². The predicted molar refractivity (Wildman–Crippen MR) is 98.8 cm³/mol. The largest absolute Gasteiger partial charge is 0.507 e. The Hall–Kier alpha value is -3.34. The molecule has 0 saturated heterocycles. The van der Waals surface area contributed by atoms with Gasteiger partial charge in [-0.3, -0.25) is 0 Å². The van der Waals surface area contributed by atoms with Crippen molar-refractivity contribution in [2.45, 2.75) is 13.8 Å². The standard InChI is InChI=1S/C21H16FNO3/c1-11-3-5-13(6-4-11)20-18(15-8-7-14(22)10-16(15)23-20)19-17(24)9-12(2)26-21(19)25/h3-10,23-24H,1-2H3. The maximum Gasteiger partial charge on any atom is 0.347 e. The topological polar surface area (TPSA) is 66.2 Å². The zero-order valence-electron chi connectivity index (χ0n) is 14.3. The van der Waals surface area contributed by atoms with Gasteiger partial charge in [0.25, 0.3) is 0 Å². The normalized spacial score (nSPS) is 11.2. The number of benzene rings is 2. The van der Waals surface area contributed by atoms with E-state index < -0.39 is 5.63 Å². The van der Waals surface area contributed by atoms with E-state index in [2.05, 4.69) is 4.98 Å². The monoisotopic (exact) mass is 349 g/mol. The van der Waals surface area contributed by atoms with Crippen molar-refractivity contribution >= 4 is 10.9 Å². The Balaban J connectivity index is 2.12. The zero-order chi connectivity index (χ0) is 18.4. The first kappa shape index (κ1) is 16.1. The van der Waals surface area contributed by atoms with Crippen molar-refractivity contribution in [1.29, 1.82) is 0 Å². The van der Waals surface area contributed by atoms with Gasteiger partial charge >= 0.3 is 5.63 Å². The van der Waals surface area contributed by atoms with Crippen molar-refractivity contribution in [3.8, 4) is 28.1 Å². The lowest BCUT2D eigenvalue weighted by molar-refractivity contribution is 0.438. The van der Waals surface area contributed by atoms with Gasteiger partial charge in [0.15, 0.2) is 0 Å². The molecular formula is C21H16FNO3. The van der Waals surface area contributed by atoms with Gasteiger partial charge in [-0.15, -0.1) is 0 Å². The Labute approximate surface area is 148 Å². The van der Waals surface area contributed by atoms with Gasteiger partial charge in [-0.05, 0) is 37.6 Å². The van der Waals surface area contributed by atoms with Gasteiger partial charge in [0.1, 0.15) is 22.9 Å². The summed E-state index contributed by atoms with van der Waals surface area (Å²) in [4.78, 5) is 15.7. The summed E-state index contributed by atoms with van der Waals surface area (Å²) in [6, 6.07) is 13.4. The molecular weight excluding hydrogens is 333 g/mol. The minimum Gasteiger partial charge on any atom is -0.507 e. The number of halogens is 1. The molecule has 2 aromatic carbocycles. The van der Waals surface area contributed by atoms with Crippen LogP contribution in [0.3, 0.4) is 0 Å². The molecule has 26 heavy (non-hydrogen) atoms. The third-order valence-electron chi connectivity index (χ3n) is 4.40. The van der Waals surface area contributed by atoms with Crippen LogP contribution in [0, 0.1) is 19.7 Å². The van der Waals surface area contributed by atoms with Gasteiger partial charge in [-0.1, -0.05) is 29.8 Å². The zero-order valence-corrected chi connectivity index (χ0v) is 14.3. The second kappa shape index (κ2) is 5.88. The Bertz CT molecular complexity index is 1190. The summed E-state index contributed by atoms with van der Waals surface area (Å²) in [5.41, 5.74) is 2.99. The van der Waals surface area contributed by atoms with Crippen LogP contribution in [-0.4, -0.2) is 10.1 Å². The van der Waals surface area contributed by atoms with Crippen LogP contribution in [0.1, 0.15) is 11.3 Å². The molecule has 5 heteroatoms. The van der Waals surface area contributed by atoms with E-state index in [0.717, 1.165) is 11.1 Å². The van der Waals surface area contributed by atoms with Crippen molar-refractivity contribution in [3.63, 3.8) is 0 Å². The second-order valence-electron chi connectivity index (χ2n) is 6.34. The Morgan fingerprint density at radius 2 is 1.73 bits per heavy atom. The first-order valence-corrected chi connectivity index (χ1v) is 8.16. The van der Waals surface area contributed by atoms with Gasteiger partial charge in [0.05, 0.1) is 5.69 Å². The first-order valence-electron chi connectivity index (χ1n) is 8.16. The van der Waals surface area contributed by atoms with Crippen molar-refractivity contribution in [2.24, 2.45) is 0 Å². The van der Waals surface area contributed by atoms with E-state index in [0.29, 0.717) is 27.9 Å². The van der Waals surface area contributed by atoms with Gasteiger partial charge in [-0.2, -0.15) is 0 Å². The van der Waals surface area contributed by atoms with Gasteiger partial charge < -0.3 is 14.5 Å². The van der Waals surface area contributed by atoms with E-state index in [-0.39, 0.29) is 17.1 Å². The molecule has 0 bridgehead atoms. The molecule has 0 amide bonds. The quantitative estimate of drug-likeness (QED) is 0.540. The fourth-order valence-corrected chi connectivity index (χ4v) is 3.19. The molecule has 0 atom stereocenters. The van der Waals surface area contributed by atoms with Gasteiger partial charge in [0, 0.05) is 22.5 Å². The highest BCUT2D eigenvalue weighted by Gasteiger charge is 2.22. The molecule has 130 valence electrons. The number of rotatable bonds is 2. The number of aryl methyl sites for hydroxylation is 2. The van der Waals surface area contributed by atoms with Crippen LogP contribution in [0.25, 0.3) is 33.3 Å². The van der Waals surface area contributed by atoms with Crippen LogP contribution in [0.5, 0.6) is 5.75 Å². The fourth-order valence-electron chi connectivity index (χ4n) is 3.19. The van der Waals surface area contributed by atoms with Crippen molar-refractivity contribution in [1.82, 2.24) is 4.98 Å². The van der Waals surface area contributed by atoms with E-state index in [1.54, 1.807) is 13.0 Å². The highest BCUT2D eigenvalue weighted by atomic mass is 19.1. The fraction of sp³-hybridized carbons (Fsp3) is 0.0952. The lowest BCUT2D eigenvalue weighted by atomic mass is 9.98. The minimum absolute atomic E-state index is 0.0593. The molecule has 0 spiro atoms. The summed E-state index contributed by atoms with van der Waals surface area (Å²) in [6.07, 6.45) is 0. The third kappa shape index (κ3) is 2.58. The Kier molecular flexibility index (Phi) is 3.65. The average molecular weight is 349 g/mol. The molecule has 0 saturated carbocycles. The van der Waals surface area contributed by atoms with E-state index in [4.69, 9.17) is 4.42 Å². The van der Waals surface area contributed by atoms with Crippen LogP contribution in [-0.2, 0) is 0 Å². The number of H-pyrrole nitrogens is 1. The maximum atomic E-state index is 13.7. The number of hydrogen-bond acceptors (Lipinski definition) is 3. The Morgan fingerprint density at radius 1 is 1.00 bits per heavy atom. The van der Waals surface area contributed by atoms with Crippen LogP contribution in [0.15, 0.2) is 57.7 Å². The molecule has 4 nitrogen and oxygen atoms in total. The van der Waals surface area contributed by atoms with E-state index in [1.165, 1.54) is 18.2 Å². The molecule has 0 unspecified atom stereocenters.